The van der Waals surface area contributed by atoms with E-state index < -0.39 is 5.97 Å². The van der Waals surface area contributed by atoms with Gasteiger partial charge in [-0.05, 0) is 23.6 Å². The lowest BCUT2D eigenvalue weighted by atomic mass is 10.2. The van der Waals surface area contributed by atoms with Gasteiger partial charge in [-0.1, -0.05) is 35.0 Å². The third kappa shape index (κ3) is 3.70. The molecule has 0 aliphatic rings. The Balaban J connectivity index is 1.40. The number of nitrogens with zero attached hydrogens (tertiary/aromatic N) is 2. The van der Waals surface area contributed by atoms with E-state index in [-0.39, 0.29) is 12.3 Å². The van der Waals surface area contributed by atoms with Gasteiger partial charge in [-0.2, -0.15) is 0 Å². The van der Waals surface area contributed by atoms with Gasteiger partial charge in [-0.25, -0.2) is 9.78 Å². The van der Waals surface area contributed by atoms with E-state index in [1.165, 1.54) is 11.3 Å². The predicted molar refractivity (Wildman–Crippen MR) is 101 cm³/mol. The van der Waals surface area contributed by atoms with Gasteiger partial charge in [0.25, 0.3) is 0 Å². The quantitative estimate of drug-likeness (QED) is 0.410. The monoisotopic (exact) mass is 402 g/mol. The van der Waals surface area contributed by atoms with Crippen molar-refractivity contribution < 1.29 is 14.1 Å². The summed E-state index contributed by atoms with van der Waals surface area (Å²) >= 11 is 8.81. The number of hydrogen-bond donors (Lipinski definition) is 0. The Kier molecular flexibility index (Phi) is 4.83. The molecule has 0 fully saturated rings. The Morgan fingerprint density at radius 2 is 2.04 bits per heavy atom. The summed E-state index contributed by atoms with van der Waals surface area (Å²) in [5.41, 5.74) is 1.72. The maximum absolute atomic E-state index is 12.2. The number of aromatic nitrogens is 2. The van der Waals surface area contributed by atoms with Crippen LogP contribution >= 0.6 is 34.3 Å². The zero-order chi connectivity index (χ0) is 17.9. The molecule has 0 atom stereocenters. The summed E-state index contributed by atoms with van der Waals surface area (Å²) in [6.45, 7) is 0.0293. The molecule has 4 rings (SSSR count). The number of carbonyl (C=O) groups is 1. The van der Waals surface area contributed by atoms with Crippen LogP contribution in [-0.4, -0.2) is 16.1 Å². The molecule has 0 saturated heterocycles. The van der Waals surface area contributed by atoms with Crippen LogP contribution in [0.4, 0.5) is 0 Å². The topological polar surface area (TPSA) is 65.2 Å². The van der Waals surface area contributed by atoms with Crippen LogP contribution < -0.4 is 0 Å². The second-order valence-electron chi connectivity index (χ2n) is 5.28. The van der Waals surface area contributed by atoms with Crippen LogP contribution in [-0.2, 0) is 11.3 Å². The van der Waals surface area contributed by atoms with Crippen LogP contribution in [0.3, 0.4) is 0 Å². The van der Waals surface area contributed by atoms with Crippen LogP contribution in [0.5, 0.6) is 0 Å². The summed E-state index contributed by atoms with van der Waals surface area (Å²) in [6.07, 6.45) is 0. The molecule has 3 heterocycles. The fourth-order valence-electron chi connectivity index (χ4n) is 2.22. The average Bonchev–Trinajstić information content (AvgIpc) is 3.41. The van der Waals surface area contributed by atoms with Crippen LogP contribution in [0, 0.1) is 0 Å². The van der Waals surface area contributed by atoms with E-state index in [0.29, 0.717) is 16.5 Å². The maximum atomic E-state index is 12.2. The summed E-state index contributed by atoms with van der Waals surface area (Å²) in [4.78, 5) is 17.5. The van der Waals surface area contributed by atoms with Crippen molar-refractivity contribution in [2.24, 2.45) is 0 Å². The van der Waals surface area contributed by atoms with Crippen LogP contribution in [0.2, 0.25) is 5.02 Å². The molecule has 0 unspecified atom stereocenters. The van der Waals surface area contributed by atoms with Gasteiger partial charge < -0.3 is 9.26 Å². The predicted octanol–water partition coefficient (Wildman–Crippen LogP) is 5.54. The molecule has 4 aromatic rings. The molecular formula is C18H11ClN2O3S2. The zero-order valence-corrected chi connectivity index (χ0v) is 15.6. The van der Waals surface area contributed by atoms with E-state index in [9.17, 15) is 4.79 Å². The second-order valence-corrected chi connectivity index (χ2v) is 7.52. The van der Waals surface area contributed by atoms with Crippen LogP contribution in [0.1, 0.15) is 16.2 Å². The van der Waals surface area contributed by atoms with E-state index in [2.05, 4.69) is 10.1 Å². The van der Waals surface area contributed by atoms with Crippen molar-refractivity contribution in [3.8, 4) is 21.2 Å². The molecule has 26 heavy (non-hydrogen) atoms. The summed E-state index contributed by atoms with van der Waals surface area (Å²) in [6, 6.07) is 12.9. The van der Waals surface area contributed by atoms with Gasteiger partial charge in [0.15, 0.2) is 11.5 Å². The van der Waals surface area contributed by atoms with Crippen LogP contribution in [0.25, 0.3) is 21.2 Å². The van der Waals surface area contributed by atoms with Gasteiger partial charge in [-0.3, -0.25) is 0 Å². The fourth-order valence-corrected chi connectivity index (χ4v) is 3.82. The third-order valence-corrected chi connectivity index (χ3v) is 5.51. The largest absolute Gasteiger partial charge is 0.454 e. The van der Waals surface area contributed by atoms with E-state index in [1.807, 2.05) is 29.6 Å². The highest BCUT2D eigenvalue weighted by Crippen LogP contribution is 2.27. The lowest BCUT2D eigenvalue weighted by molar-refractivity contribution is 0.0458. The molecule has 0 N–H and O–H groups in total. The lowest BCUT2D eigenvalue weighted by Gasteiger charge is -1.99. The highest BCUT2D eigenvalue weighted by Gasteiger charge is 2.15. The van der Waals surface area contributed by atoms with Gasteiger partial charge in [0.05, 0.1) is 4.88 Å². The van der Waals surface area contributed by atoms with Crippen molar-refractivity contribution in [2.45, 2.75) is 6.61 Å². The molecule has 0 amide bonds. The molecule has 5 nitrogen and oxygen atoms in total. The van der Waals surface area contributed by atoms with Gasteiger partial charge in [-0.15, -0.1) is 22.7 Å². The molecule has 0 radical (unpaired) electrons. The second kappa shape index (κ2) is 7.41. The minimum atomic E-state index is -0.498. The minimum absolute atomic E-state index is 0.0293. The van der Waals surface area contributed by atoms with E-state index in [4.69, 9.17) is 20.9 Å². The van der Waals surface area contributed by atoms with Gasteiger partial charge in [0.1, 0.15) is 17.3 Å². The standard InChI is InChI=1S/C18H11ClN2O3S2/c19-12-5-3-11(4-6-12)17-20-14(10-26-17)18(22)23-9-13-8-15(24-21-13)16-2-1-7-25-16/h1-8,10H,9H2. The molecule has 8 heteroatoms. The molecule has 130 valence electrons. The minimum Gasteiger partial charge on any atom is -0.454 e. The van der Waals surface area contributed by atoms with Gasteiger partial charge >= 0.3 is 5.97 Å². The summed E-state index contributed by atoms with van der Waals surface area (Å²) in [7, 11) is 0. The highest BCUT2D eigenvalue weighted by atomic mass is 35.5. The number of benzene rings is 1. The molecule has 0 aliphatic carbocycles. The Morgan fingerprint density at radius 3 is 2.81 bits per heavy atom. The summed E-state index contributed by atoms with van der Waals surface area (Å²) in [5.74, 6) is 0.159. The average molecular weight is 403 g/mol. The first-order valence-electron chi connectivity index (χ1n) is 7.57. The van der Waals surface area contributed by atoms with Crippen molar-refractivity contribution in [2.75, 3.05) is 0 Å². The number of halogens is 1. The van der Waals surface area contributed by atoms with E-state index >= 15 is 0 Å². The summed E-state index contributed by atoms with van der Waals surface area (Å²) < 4.78 is 10.5. The van der Waals surface area contributed by atoms with Crippen molar-refractivity contribution in [3.63, 3.8) is 0 Å². The molecule has 1 aromatic carbocycles. The first-order valence-corrected chi connectivity index (χ1v) is 9.71. The smallest absolute Gasteiger partial charge is 0.358 e. The third-order valence-electron chi connectivity index (χ3n) is 3.48. The maximum Gasteiger partial charge on any atom is 0.358 e. The Labute approximate surface area is 161 Å². The van der Waals surface area contributed by atoms with E-state index in [0.717, 1.165) is 15.4 Å². The van der Waals surface area contributed by atoms with Gasteiger partial charge in [0, 0.05) is 22.0 Å². The molecule has 0 aliphatic heterocycles. The fraction of sp³-hybridized carbons (Fsp3) is 0.0556. The highest BCUT2D eigenvalue weighted by molar-refractivity contribution is 7.13. The lowest BCUT2D eigenvalue weighted by Crippen LogP contribution is -2.05. The number of carbonyl (C=O) groups excluding carboxylic acids is 1. The van der Waals surface area contributed by atoms with Crippen molar-refractivity contribution in [1.82, 2.24) is 10.1 Å². The zero-order valence-electron chi connectivity index (χ0n) is 13.2. The molecule has 0 saturated carbocycles. The van der Waals surface area contributed by atoms with E-state index in [1.54, 1.807) is 34.9 Å². The van der Waals surface area contributed by atoms with Crippen molar-refractivity contribution in [3.05, 3.63) is 69.6 Å². The number of thiazole rings is 1. The van der Waals surface area contributed by atoms with Crippen molar-refractivity contribution >= 4 is 40.2 Å². The number of esters is 1. The molecule has 3 aromatic heterocycles. The first kappa shape index (κ1) is 17.0. The Hall–Kier alpha value is -2.48. The number of thiophene rings is 1. The Bertz CT molecular complexity index is 1020. The molecule has 0 spiro atoms. The number of rotatable bonds is 5. The SMILES string of the molecule is O=C(OCc1cc(-c2cccs2)on1)c1csc(-c2ccc(Cl)cc2)n1. The number of hydrogen-bond acceptors (Lipinski definition) is 7. The van der Waals surface area contributed by atoms with Crippen molar-refractivity contribution in [1.29, 1.82) is 0 Å². The van der Waals surface area contributed by atoms with Gasteiger partial charge in [0.2, 0.25) is 0 Å². The van der Waals surface area contributed by atoms with Crippen LogP contribution in [0.15, 0.2) is 57.7 Å². The number of ether oxygens (including phenoxy) is 1. The summed E-state index contributed by atoms with van der Waals surface area (Å²) in [5, 5.41) is 8.94. The molecule has 0 bridgehead atoms. The Morgan fingerprint density at radius 1 is 1.19 bits per heavy atom. The first-order chi connectivity index (χ1) is 12.7. The molecular weight excluding hydrogens is 392 g/mol. The normalized spacial score (nSPS) is 10.8.